The highest BCUT2D eigenvalue weighted by molar-refractivity contribution is 5.52. The van der Waals surface area contributed by atoms with Gasteiger partial charge in [0.1, 0.15) is 5.82 Å². The molecule has 0 radical (unpaired) electrons. The van der Waals surface area contributed by atoms with Gasteiger partial charge in [-0.2, -0.15) is 0 Å². The van der Waals surface area contributed by atoms with Gasteiger partial charge in [0, 0.05) is 38.3 Å². The Bertz CT molecular complexity index is 1050. The Hall–Kier alpha value is -2.97. The van der Waals surface area contributed by atoms with Crippen molar-refractivity contribution in [1.82, 2.24) is 20.0 Å². The van der Waals surface area contributed by atoms with Gasteiger partial charge in [-0.25, -0.2) is 4.39 Å². The second-order valence-corrected chi connectivity index (χ2v) is 8.07. The molecule has 8 heteroatoms. The van der Waals surface area contributed by atoms with Gasteiger partial charge in [-0.15, -0.1) is 10.2 Å². The van der Waals surface area contributed by atoms with Crippen molar-refractivity contribution in [2.45, 2.75) is 26.4 Å². The third-order valence-electron chi connectivity index (χ3n) is 6.08. The van der Waals surface area contributed by atoms with E-state index in [0.717, 1.165) is 44.2 Å². The van der Waals surface area contributed by atoms with Crippen LogP contribution in [-0.2, 0) is 6.54 Å². The summed E-state index contributed by atoms with van der Waals surface area (Å²) in [7, 11) is 3.32. The quantitative estimate of drug-likeness (QED) is 0.549. The molecule has 4 rings (SSSR count). The van der Waals surface area contributed by atoms with Crippen molar-refractivity contribution in [2.24, 2.45) is 0 Å². The van der Waals surface area contributed by atoms with Crippen LogP contribution in [0.25, 0.3) is 11.5 Å². The van der Waals surface area contributed by atoms with E-state index in [-0.39, 0.29) is 11.9 Å². The molecule has 1 aromatic heterocycles. The van der Waals surface area contributed by atoms with Crippen molar-refractivity contribution >= 4 is 0 Å². The number of hydrogen-bond donors (Lipinski definition) is 0. The van der Waals surface area contributed by atoms with Crippen LogP contribution in [0.1, 0.15) is 30.0 Å². The lowest BCUT2D eigenvalue weighted by atomic mass is 10.1. The van der Waals surface area contributed by atoms with Crippen molar-refractivity contribution in [1.29, 1.82) is 0 Å². The van der Waals surface area contributed by atoms with Crippen LogP contribution in [0, 0.1) is 12.7 Å². The minimum absolute atomic E-state index is 0.0154. The molecule has 0 spiro atoms. The van der Waals surface area contributed by atoms with E-state index >= 15 is 0 Å². The minimum Gasteiger partial charge on any atom is -0.493 e. The second-order valence-electron chi connectivity index (χ2n) is 8.07. The number of hydrogen-bond acceptors (Lipinski definition) is 7. The number of nitrogens with zero attached hydrogens (tertiary/aromatic N) is 4. The lowest BCUT2D eigenvalue weighted by Gasteiger charge is -2.37. The summed E-state index contributed by atoms with van der Waals surface area (Å²) in [5, 5.41) is 8.38. The van der Waals surface area contributed by atoms with E-state index in [1.807, 2.05) is 6.07 Å². The number of benzene rings is 2. The summed E-state index contributed by atoms with van der Waals surface area (Å²) in [5.41, 5.74) is 3.15. The maximum absolute atomic E-state index is 13.2. The Morgan fingerprint density at radius 1 is 1.00 bits per heavy atom. The van der Waals surface area contributed by atoms with Crippen LogP contribution in [-0.4, -0.2) is 60.4 Å². The average Bonchev–Trinajstić information content (AvgIpc) is 3.31. The highest BCUT2D eigenvalue weighted by atomic mass is 19.1. The lowest BCUT2D eigenvalue weighted by Crippen LogP contribution is -2.46. The van der Waals surface area contributed by atoms with E-state index in [1.165, 1.54) is 23.3 Å². The van der Waals surface area contributed by atoms with Gasteiger partial charge in [-0.3, -0.25) is 9.80 Å². The summed E-state index contributed by atoms with van der Waals surface area (Å²) in [6.45, 7) is 8.74. The first kappa shape index (κ1) is 22.2. The third-order valence-corrected chi connectivity index (χ3v) is 6.08. The average molecular weight is 441 g/mol. The fraction of sp³-hybridized carbons (Fsp3) is 0.417. The molecule has 1 aliphatic heterocycles. The predicted molar refractivity (Wildman–Crippen MR) is 119 cm³/mol. The van der Waals surface area contributed by atoms with E-state index in [2.05, 4.69) is 39.9 Å². The van der Waals surface area contributed by atoms with Crippen LogP contribution < -0.4 is 9.47 Å². The summed E-state index contributed by atoms with van der Waals surface area (Å²) >= 11 is 0. The van der Waals surface area contributed by atoms with E-state index in [0.29, 0.717) is 17.3 Å². The Morgan fingerprint density at radius 3 is 2.31 bits per heavy atom. The number of halogens is 1. The molecule has 1 aliphatic rings. The number of ether oxygens (including phenoxy) is 2. The summed E-state index contributed by atoms with van der Waals surface area (Å²) in [6, 6.07) is 10.2. The number of piperazine rings is 1. The minimum atomic E-state index is -0.289. The van der Waals surface area contributed by atoms with Gasteiger partial charge in [0.05, 0.1) is 20.3 Å². The van der Waals surface area contributed by atoms with Crippen LogP contribution in [0.4, 0.5) is 4.39 Å². The molecular formula is C24H29FN4O3. The Balaban J connectivity index is 1.36. The molecule has 0 amide bonds. The second kappa shape index (κ2) is 9.67. The summed E-state index contributed by atoms with van der Waals surface area (Å²) < 4.78 is 29.9. The molecule has 2 heterocycles. The van der Waals surface area contributed by atoms with Crippen molar-refractivity contribution in [3.05, 3.63) is 59.2 Å². The molecule has 3 aromatic rings. The van der Waals surface area contributed by atoms with E-state index in [1.54, 1.807) is 26.4 Å². The molecule has 170 valence electrons. The van der Waals surface area contributed by atoms with Crippen molar-refractivity contribution in [3.63, 3.8) is 0 Å². The van der Waals surface area contributed by atoms with Gasteiger partial charge in [-0.05, 0) is 61.4 Å². The molecule has 0 saturated carbocycles. The lowest BCUT2D eigenvalue weighted by molar-refractivity contribution is 0.0874. The maximum atomic E-state index is 13.2. The molecule has 1 fully saturated rings. The normalized spacial score (nSPS) is 16.2. The highest BCUT2D eigenvalue weighted by Gasteiger charge is 2.26. The molecule has 0 N–H and O–H groups in total. The monoisotopic (exact) mass is 440 g/mol. The standard InChI is InChI=1S/C24H29FN4O3/c1-16-13-21(30-3)22(31-4)14-19(16)15-28-9-11-29(12-10-28)17(2)23-26-27-24(32-23)18-5-7-20(25)8-6-18/h5-8,13-14,17H,9-12,15H2,1-4H3. The van der Waals surface area contributed by atoms with Gasteiger partial charge in [-0.1, -0.05) is 0 Å². The van der Waals surface area contributed by atoms with Crippen LogP contribution in [0.15, 0.2) is 40.8 Å². The summed E-state index contributed by atoms with van der Waals surface area (Å²) in [4.78, 5) is 4.79. The van der Waals surface area contributed by atoms with Crippen LogP contribution in [0.5, 0.6) is 11.5 Å². The van der Waals surface area contributed by atoms with Gasteiger partial charge in [0.25, 0.3) is 0 Å². The maximum Gasteiger partial charge on any atom is 0.247 e. The zero-order valence-electron chi connectivity index (χ0n) is 19.0. The van der Waals surface area contributed by atoms with Crippen LogP contribution >= 0.6 is 0 Å². The van der Waals surface area contributed by atoms with Crippen LogP contribution in [0.2, 0.25) is 0 Å². The zero-order chi connectivity index (χ0) is 22.7. The molecule has 7 nitrogen and oxygen atoms in total. The smallest absolute Gasteiger partial charge is 0.247 e. The fourth-order valence-electron chi connectivity index (χ4n) is 4.01. The van der Waals surface area contributed by atoms with Gasteiger partial charge in [0.2, 0.25) is 11.8 Å². The van der Waals surface area contributed by atoms with Gasteiger partial charge < -0.3 is 13.9 Å². The largest absolute Gasteiger partial charge is 0.493 e. The molecule has 1 unspecified atom stereocenters. The third kappa shape index (κ3) is 4.76. The number of aromatic nitrogens is 2. The Morgan fingerprint density at radius 2 is 1.66 bits per heavy atom. The molecule has 32 heavy (non-hydrogen) atoms. The van der Waals surface area contributed by atoms with Crippen molar-refractivity contribution in [2.75, 3.05) is 40.4 Å². The molecule has 1 saturated heterocycles. The Kier molecular flexibility index (Phi) is 6.72. The zero-order valence-corrected chi connectivity index (χ0v) is 19.0. The first-order valence-electron chi connectivity index (χ1n) is 10.8. The fourth-order valence-corrected chi connectivity index (χ4v) is 4.01. The van der Waals surface area contributed by atoms with Gasteiger partial charge >= 0.3 is 0 Å². The van der Waals surface area contributed by atoms with Crippen molar-refractivity contribution < 1.29 is 18.3 Å². The molecule has 0 bridgehead atoms. The van der Waals surface area contributed by atoms with Crippen molar-refractivity contribution in [3.8, 4) is 23.0 Å². The van der Waals surface area contributed by atoms with Gasteiger partial charge in [0.15, 0.2) is 11.5 Å². The predicted octanol–water partition coefficient (Wildman–Crippen LogP) is 4.08. The molecule has 2 aromatic carbocycles. The molecular weight excluding hydrogens is 411 g/mol. The number of methoxy groups -OCH3 is 2. The molecule has 1 atom stereocenters. The highest BCUT2D eigenvalue weighted by Crippen LogP contribution is 2.31. The van der Waals surface area contributed by atoms with Crippen LogP contribution in [0.3, 0.4) is 0 Å². The summed E-state index contributed by atoms with van der Waals surface area (Å²) in [5.74, 6) is 2.21. The first-order chi connectivity index (χ1) is 15.5. The molecule has 0 aliphatic carbocycles. The topological polar surface area (TPSA) is 63.9 Å². The van der Waals surface area contributed by atoms with E-state index in [9.17, 15) is 4.39 Å². The Labute approximate surface area is 187 Å². The van der Waals surface area contributed by atoms with E-state index in [4.69, 9.17) is 13.9 Å². The van der Waals surface area contributed by atoms with E-state index < -0.39 is 0 Å². The number of aryl methyl sites for hydroxylation is 1. The summed E-state index contributed by atoms with van der Waals surface area (Å²) in [6.07, 6.45) is 0. The number of rotatable bonds is 7. The first-order valence-corrected chi connectivity index (χ1v) is 10.8. The SMILES string of the molecule is COc1cc(C)c(CN2CCN(C(C)c3nnc(-c4ccc(F)cc4)o3)CC2)cc1OC.